The molecule has 0 saturated heterocycles. The quantitative estimate of drug-likeness (QED) is 0.0813. The molecule has 0 radical (unpaired) electrons. The van der Waals surface area contributed by atoms with E-state index in [2.05, 4.69) is 48.5 Å². The van der Waals surface area contributed by atoms with Crippen LogP contribution in [0.1, 0.15) is 90.6 Å². The van der Waals surface area contributed by atoms with Crippen LogP contribution in [0.5, 0.6) is 5.75 Å². The van der Waals surface area contributed by atoms with E-state index in [-0.39, 0.29) is 54.4 Å². The van der Waals surface area contributed by atoms with Crippen molar-refractivity contribution in [2.75, 3.05) is 20.3 Å². The van der Waals surface area contributed by atoms with Gasteiger partial charge >= 0.3 is 17.6 Å². The molecular weight excluding hydrogens is 761 g/mol. The molecule has 8 rings (SSSR count). The second-order valence-corrected chi connectivity index (χ2v) is 16.6. The Balaban J connectivity index is 1.28. The van der Waals surface area contributed by atoms with Gasteiger partial charge in [0, 0.05) is 36.5 Å². The molecule has 3 aliphatic heterocycles. The molecule has 314 valence electrons. The minimum Gasteiger partial charge on any atom is -0.483 e. The van der Waals surface area contributed by atoms with E-state index < -0.39 is 42.0 Å². The standard InChI is InChI=1S/C50H54O10/c1-31(29-51)38-20-19-32-13-15-35(16-14-32)27-37(18-17-34-11-8-12-36(26-34)25-33-9-6-5-7-10-33)28-43(53)57-46-44-42(60-50(2,3)47(46)59-48(38)54)22-21-39-41(30-52)40(23-24-56-4)49(55)58-45(39)44/h5-16,21-22,26,37,46-47,51-52H,17-20,23-25,27-30H2,1-4H3/b38-31-/t37-,46+,47-/m0/s1. The van der Waals surface area contributed by atoms with E-state index in [9.17, 15) is 24.6 Å². The summed E-state index contributed by atoms with van der Waals surface area (Å²) in [7, 11) is 1.52. The summed E-state index contributed by atoms with van der Waals surface area (Å²) in [5.74, 6) is -1.02. The molecule has 2 N–H and O–H groups in total. The molecule has 0 spiro atoms. The zero-order chi connectivity index (χ0) is 42.4. The van der Waals surface area contributed by atoms with Crippen LogP contribution in [0.15, 0.2) is 111 Å². The SMILES string of the molecule is COCCc1c(CO)c2ccc3c(c2oc1=O)[C@H]1OC(=O)C[C@@H](CCc2cccc(Cc4ccccc4)c2)Cc2ccc(cc2)CC/C(=C(\C)CO)C(=O)O[C@@H]1C(C)(C)O3. The summed E-state index contributed by atoms with van der Waals surface area (Å²) < 4.78 is 30.6. The van der Waals surface area contributed by atoms with E-state index in [4.69, 9.17) is 23.4 Å². The van der Waals surface area contributed by atoms with Crippen LogP contribution in [0, 0.1) is 5.92 Å². The Bertz CT molecular complexity index is 2410. The first-order valence-electron chi connectivity index (χ1n) is 20.8. The van der Waals surface area contributed by atoms with Gasteiger partial charge in [-0.25, -0.2) is 9.59 Å². The lowest BCUT2D eigenvalue weighted by molar-refractivity contribution is -0.188. The van der Waals surface area contributed by atoms with Crippen LogP contribution in [0.3, 0.4) is 0 Å². The van der Waals surface area contributed by atoms with Crippen LogP contribution < -0.4 is 10.4 Å². The third kappa shape index (κ3) is 9.57. The Morgan fingerprint density at radius 1 is 0.800 bits per heavy atom. The summed E-state index contributed by atoms with van der Waals surface area (Å²) in [5.41, 5.74) is 5.54. The summed E-state index contributed by atoms with van der Waals surface area (Å²) in [4.78, 5) is 42.3. The average molecular weight is 815 g/mol. The fourth-order valence-electron chi connectivity index (χ4n) is 8.56. The number of esters is 2. The first-order chi connectivity index (χ1) is 29.0. The highest BCUT2D eigenvalue weighted by molar-refractivity contribution is 5.90. The highest BCUT2D eigenvalue weighted by Crippen LogP contribution is 2.47. The predicted octanol–water partition coefficient (Wildman–Crippen LogP) is 7.87. The van der Waals surface area contributed by atoms with Crippen molar-refractivity contribution in [2.45, 2.75) is 96.6 Å². The Kier molecular flexibility index (Phi) is 13.3. The zero-order valence-corrected chi connectivity index (χ0v) is 34.8. The van der Waals surface area contributed by atoms with E-state index in [1.54, 1.807) is 32.9 Å². The van der Waals surface area contributed by atoms with Crippen molar-refractivity contribution in [3.63, 3.8) is 0 Å². The van der Waals surface area contributed by atoms with Gasteiger partial charge in [-0.05, 0) is 116 Å². The number of fused-ring (bicyclic) bond motifs is 13. The molecule has 10 nitrogen and oxygen atoms in total. The maximum atomic E-state index is 14.5. The van der Waals surface area contributed by atoms with Gasteiger partial charge in [-0.2, -0.15) is 0 Å². The lowest BCUT2D eigenvalue weighted by Crippen LogP contribution is -2.52. The number of aliphatic hydroxyl groups excluding tert-OH is 2. The van der Waals surface area contributed by atoms with Gasteiger partial charge in [0.2, 0.25) is 0 Å². The fraction of sp³-hybridized carbons (Fsp3) is 0.380. The van der Waals surface area contributed by atoms with Gasteiger partial charge in [0.15, 0.2) is 12.2 Å². The molecule has 10 heteroatoms. The van der Waals surface area contributed by atoms with Crippen LogP contribution in [-0.2, 0) is 62.5 Å². The van der Waals surface area contributed by atoms with Crippen LogP contribution in [0.4, 0.5) is 0 Å². The van der Waals surface area contributed by atoms with Crippen molar-refractivity contribution in [1.82, 2.24) is 0 Å². The molecule has 4 heterocycles. The monoisotopic (exact) mass is 814 g/mol. The number of carbonyl (C=O) groups excluding carboxylic acids is 2. The Labute approximate surface area is 350 Å². The number of methoxy groups -OCH3 is 1. The molecule has 0 aliphatic carbocycles. The van der Waals surface area contributed by atoms with E-state index in [1.807, 2.05) is 30.3 Å². The third-order valence-corrected chi connectivity index (χ3v) is 11.9. The summed E-state index contributed by atoms with van der Waals surface area (Å²) >= 11 is 0. The van der Waals surface area contributed by atoms with Gasteiger partial charge in [-0.1, -0.05) is 78.9 Å². The average Bonchev–Trinajstić information content (AvgIpc) is 3.23. The van der Waals surface area contributed by atoms with Crippen LogP contribution in [-0.4, -0.2) is 54.2 Å². The fourth-order valence-corrected chi connectivity index (χ4v) is 8.56. The van der Waals surface area contributed by atoms with Crippen molar-refractivity contribution in [2.24, 2.45) is 5.92 Å². The molecule has 0 unspecified atom stereocenters. The lowest BCUT2D eigenvalue weighted by Gasteiger charge is -2.43. The number of hydrogen-bond acceptors (Lipinski definition) is 10. The van der Waals surface area contributed by atoms with E-state index in [0.717, 1.165) is 24.0 Å². The molecule has 0 saturated carbocycles. The van der Waals surface area contributed by atoms with Gasteiger partial charge < -0.3 is 33.6 Å². The third-order valence-electron chi connectivity index (χ3n) is 11.9. The van der Waals surface area contributed by atoms with Gasteiger partial charge in [0.25, 0.3) is 0 Å². The first kappa shape index (κ1) is 42.6. The van der Waals surface area contributed by atoms with E-state index in [0.29, 0.717) is 47.8 Å². The molecule has 3 atom stereocenters. The van der Waals surface area contributed by atoms with Crippen LogP contribution in [0.25, 0.3) is 11.0 Å². The highest BCUT2D eigenvalue weighted by atomic mass is 16.6. The number of aryl methyl sites for hydroxylation is 2. The Morgan fingerprint density at radius 3 is 2.27 bits per heavy atom. The summed E-state index contributed by atoms with van der Waals surface area (Å²) in [6.07, 6.45) is 1.54. The first-order valence-corrected chi connectivity index (χ1v) is 20.8. The van der Waals surface area contributed by atoms with E-state index in [1.165, 1.54) is 23.8 Å². The zero-order valence-electron chi connectivity index (χ0n) is 34.8. The topological polar surface area (TPSA) is 142 Å². The van der Waals surface area contributed by atoms with Crippen molar-refractivity contribution in [3.05, 3.63) is 157 Å². The number of ether oxygens (including phenoxy) is 4. The summed E-state index contributed by atoms with van der Waals surface area (Å²) in [5, 5.41) is 21.2. The summed E-state index contributed by atoms with van der Waals surface area (Å²) in [6, 6.07) is 30.6. The Hall–Kier alpha value is -5.55. The second kappa shape index (κ2) is 18.8. The molecule has 0 amide bonds. The summed E-state index contributed by atoms with van der Waals surface area (Å²) in [6.45, 7) is 4.61. The number of carbonyl (C=O) groups is 2. The Morgan fingerprint density at radius 2 is 1.53 bits per heavy atom. The molecule has 3 aliphatic rings. The maximum absolute atomic E-state index is 14.5. The predicted molar refractivity (Wildman–Crippen MR) is 228 cm³/mol. The van der Waals surface area contributed by atoms with Crippen molar-refractivity contribution >= 4 is 22.9 Å². The molecule has 0 fully saturated rings. The smallest absolute Gasteiger partial charge is 0.339 e. The molecule has 60 heavy (non-hydrogen) atoms. The molecule has 5 aromatic rings. The normalized spacial score (nSPS) is 20.1. The van der Waals surface area contributed by atoms with Gasteiger partial charge in [-0.3, -0.25) is 4.79 Å². The van der Waals surface area contributed by atoms with Gasteiger partial charge in [0.05, 0.1) is 25.4 Å². The van der Waals surface area contributed by atoms with Crippen LogP contribution >= 0.6 is 0 Å². The molecule has 1 aromatic heterocycles. The number of hydrogen-bond donors (Lipinski definition) is 2. The number of benzene rings is 4. The minimum atomic E-state index is -1.26. The maximum Gasteiger partial charge on any atom is 0.339 e. The van der Waals surface area contributed by atoms with Crippen molar-refractivity contribution in [1.29, 1.82) is 0 Å². The van der Waals surface area contributed by atoms with E-state index >= 15 is 0 Å². The molecule has 2 bridgehead atoms. The van der Waals surface area contributed by atoms with Crippen LogP contribution in [0.2, 0.25) is 0 Å². The van der Waals surface area contributed by atoms with Gasteiger partial charge in [-0.15, -0.1) is 0 Å². The minimum absolute atomic E-state index is 0.0613. The lowest BCUT2D eigenvalue weighted by atomic mass is 9.86. The van der Waals surface area contributed by atoms with Crippen molar-refractivity contribution < 1.29 is 43.2 Å². The molecular formula is C50H54O10. The van der Waals surface area contributed by atoms with Gasteiger partial charge in [0.1, 0.15) is 16.9 Å². The second-order valence-electron chi connectivity index (χ2n) is 16.6. The number of aliphatic hydroxyl groups is 2. The highest BCUT2D eigenvalue weighted by Gasteiger charge is 2.50. The largest absolute Gasteiger partial charge is 0.483 e. The molecule has 4 aromatic carbocycles. The van der Waals surface area contributed by atoms with Crippen molar-refractivity contribution in [3.8, 4) is 5.75 Å². The number of rotatable bonds is 10.